The molecular formula is C23H22N2O4S. The van der Waals surface area contributed by atoms with Gasteiger partial charge in [-0.05, 0) is 36.8 Å². The highest BCUT2D eigenvalue weighted by atomic mass is 32.2. The van der Waals surface area contributed by atoms with E-state index < -0.39 is 22.0 Å². The molecule has 1 aliphatic heterocycles. The molecule has 0 aromatic heterocycles. The smallest absolute Gasteiger partial charge is 0.267 e. The molecule has 1 aliphatic rings. The fraction of sp³-hybridized carbons (Fsp3) is 0.174. The molecule has 7 heteroatoms. The van der Waals surface area contributed by atoms with Gasteiger partial charge in [-0.3, -0.25) is 9.10 Å². The average Bonchev–Trinajstić information content (AvgIpc) is 2.75. The molecule has 0 spiro atoms. The summed E-state index contributed by atoms with van der Waals surface area (Å²) in [6.45, 7) is 1.87. The van der Waals surface area contributed by atoms with E-state index in [0.717, 1.165) is 5.56 Å². The summed E-state index contributed by atoms with van der Waals surface area (Å²) in [5, 5.41) is 2.81. The zero-order chi connectivity index (χ0) is 21.1. The van der Waals surface area contributed by atoms with Crippen molar-refractivity contribution in [1.29, 1.82) is 0 Å². The second-order valence-electron chi connectivity index (χ2n) is 7.20. The Morgan fingerprint density at radius 1 is 1.00 bits per heavy atom. The van der Waals surface area contributed by atoms with Crippen LogP contribution in [0.1, 0.15) is 11.1 Å². The number of nitrogens with one attached hydrogen (secondary N) is 1. The van der Waals surface area contributed by atoms with E-state index in [2.05, 4.69) is 5.32 Å². The van der Waals surface area contributed by atoms with Crippen LogP contribution in [0.25, 0.3) is 0 Å². The minimum atomic E-state index is -3.72. The van der Waals surface area contributed by atoms with Crippen LogP contribution in [0, 0.1) is 6.92 Å². The second kappa shape index (κ2) is 8.20. The van der Waals surface area contributed by atoms with Crippen LogP contribution >= 0.6 is 0 Å². The van der Waals surface area contributed by atoms with Crippen LogP contribution in [0.3, 0.4) is 0 Å². The molecule has 3 aromatic carbocycles. The lowest BCUT2D eigenvalue weighted by atomic mass is 10.2. The number of anilines is 2. The molecule has 154 valence electrons. The molecule has 0 bridgehead atoms. The number of aryl methyl sites for hydroxylation is 1. The Labute approximate surface area is 176 Å². The minimum Gasteiger partial charge on any atom is -0.476 e. The summed E-state index contributed by atoms with van der Waals surface area (Å²) in [5.41, 5.74) is 2.83. The van der Waals surface area contributed by atoms with Crippen molar-refractivity contribution in [2.24, 2.45) is 0 Å². The lowest BCUT2D eigenvalue weighted by Crippen LogP contribution is -2.49. The molecule has 0 radical (unpaired) electrons. The van der Waals surface area contributed by atoms with Gasteiger partial charge in [-0.2, -0.15) is 0 Å². The van der Waals surface area contributed by atoms with Crippen LogP contribution < -0.4 is 14.4 Å². The normalized spacial score (nSPS) is 15.8. The first kappa shape index (κ1) is 20.0. The van der Waals surface area contributed by atoms with Gasteiger partial charge in [-0.15, -0.1) is 0 Å². The maximum atomic E-state index is 13.2. The predicted molar refractivity (Wildman–Crippen MR) is 117 cm³/mol. The van der Waals surface area contributed by atoms with Gasteiger partial charge in [0.15, 0.2) is 6.10 Å². The number of para-hydroxylation sites is 2. The third kappa shape index (κ3) is 4.31. The predicted octanol–water partition coefficient (Wildman–Crippen LogP) is 3.73. The number of benzene rings is 3. The highest BCUT2D eigenvalue weighted by Crippen LogP contribution is 2.36. The van der Waals surface area contributed by atoms with E-state index in [-0.39, 0.29) is 12.3 Å². The molecule has 3 aromatic rings. The van der Waals surface area contributed by atoms with Gasteiger partial charge in [0.25, 0.3) is 5.91 Å². The monoisotopic (exact) mass is 422 g/mol. The summed E-state index contributed by atoms with van der Waals surface area (Å²) in [5.74, 6) is -0.188. The van der Waals surface area contributed by atoms with Crippen LogP contribution in [-0.4, -0.2) is 27.0 Å². The van der Waals surface area contributed by atoms with Crippen molar-refractivity contribution >= 4 is 27.3 Å². The number of nitrogens with zero attached hydrogens (tertiary/aromatic N) is 1. The number of rotatable bonds is 5. The van der Waals surface area contributed by atoms with Crippen molar-refractivity contribution in [3.05, 3.63) is 90.0 Å². The van der Waals surface area contributed by atoms with E-state index >= 15 is 0 Å². The molecule has 1 heterocycles. The number of fused-ring (bicyclic) bond motifs is 1. The first-order valence-electron chi connectivity index (χ1n) is 9.60. The third-order valence-corrected chi connectivity index (χ3v) is 6.59. The molecular weight excluding hydrogens is 400 g/mol. The van der Waals surface area contributed by atoms with Crippen molar-refractivity contribution in [3.8, 4) is 5.75 Å². The Balaban J connectivity index is 1.60. The maximum Gasteiger partial charge on any atom is 0.267 e. The molecule has 4 rings (SSSR count). The Morgan fingerprint density at radius 2 is 1.67 bits per heavy atom. The van der Waals surface area contributed by atoms with Gasteiger partial charge in [0.05, 0.1) is 18.0 Å². The Kier molecular flexibility index (Phi) is 5.46. The number of hydrogen-bond acceptors (Lipinski definition) is 4. The van der Waals surface area contributed by atoms with Crippen molar-refractivity contribution < 1.29 is 17.9 Å². The molecule has 1 amide bonds. The highest BCUT2D eigenvalue weighted by molar-refractivity contribution is 7.92. The number of amides is 1. The van der Waals surface area contributed by atoms with E-state index in [1.165, 1.54) is 4.31 Å². The first-order valence-corrected chi connectivity index (χ1v) is 11.2. The highest BCUT2D eigenvalue weighted by Gasteiger charge is 2.36. The van der Waals surface area contributed by atoms with Crippen LogP contribution in [0.2, 0.25) is 0 Å². The standard InChI is InChI=1S/C23H22N2O4S/c1-17-11-13-19(14-12-17)24-23(26)22-15-25(20-9-5-6-10-21(20)29-22)30(27,28)16-18-7-3-2-4-8-18/h2-14,22H,15-16H2,1H3,(H,24,26)/t22-/m1/s1. The van der Waals surface area contributed by atoms with Gasteiger partial charge in [0.2, 0.25) is 10.0 Å². The van der Waals surface area contributed by atoms with Gasteiger partial charge in [-0.1, -0.05) is 60.2 Å². The number of carbonyl (C=O) groups is 1. The SMILES string of the molecule is Cc1ccc(NC(=O)[C@H]2CN(S(=O)(=O)Cc3ccccc3)c3ccccc3O2)cc1. The quantitative estimate of drug-likeness (QED) is 0.680. The Bertz CT molecular complexity index is 1150. The van der Waals surface area contributed by atoms with Crippen molar-refractivity contribution in [2.45, 2.75) is 18.8 Å². The zero-order valence-electron chi connectivity index (χ0n) is 16.5. The molecule has 0 saturated carbocycles. The molecule has 1 N–H and O–H groups in total. The minimum absolute atomic E-state index is 0.0934. The van der Waals surface area contributed by atoms with Crippen molar-refractivity contribution in [1.82, 2.24) is 0 Å². The fourth-order valence-corrected chi connectivity index (χ4v) is 4.91. The zero-order valence-corrected chi connectivity index (χ0v) is 17.3. The van der Waals surface area contributed by atoms with Crippen LogP contribution in [0.4, 0.5) is 11.4 Å². The molecule has 0 fully saturated rings. The molecule has 30 heavy (non-hydrogen) atoms. The van der Waals surface area contributed by atoms with Crippen molar-refractivity contribution in [3.63, 3.8) is 0 Å². The lowest BCUT2D eigenvalue weighted by Gasteiger charge is -2.34. The van der Waals surface area contributed by atoms with Gasteiger partial charge in [0.1, 0.15) is 5.75 Å². The Morgan fingerprint density at radius 3 is 2.40 bits per heavy atom. The number of hydrogen-bond donors (Lipinski definition) is 1. The number of sulfonamides is 1. The third-order valence-electron chi connectivity index (χ3n) is 4.87. The number of ether oxygens (including phenoxy) is 1. The average molecular weight is 423 g/mol. The van der Waals surface area contributed by atoms with E-state index in [0.29, 0.717) is 22.7 Å². The van der Waals surface area contributed by atoms with Gasteiger partial charge in [-0.25, -0.2) is 8.42 Å². The molecule has 1 atom stereocenters. The van der Waals surface area contributed by atoms with Crippen LogP contribution in [0.15, 0.2) is 78.9 Å². The first-order chi connectivity index (χ1) is 14.4. The summed E-state index contributed by atoms with van der Waals surface area (Å²) in [6, 6.07) is 23.2. The summed E-state index contributed by atoms with van der Waals surface area (Å²) < 4.78 is 33.6. The number of carbonyl (C=O) groups excluding carboxylic acids is 1. The van der Waals surface area contributed by atoms with Gasteiger partial charge >= 0.3 is 0 Å². The largest absolute Gasteiger partial charge is 0.476 e. The Hall–Kier alpha value is -3.32. The van der Waals surface area contributed by atoms with Crippen LogP contribution in [0.5, 0.6) is 5.75 Å². The summed E-state index contributed by atoms with van der Waals surface area (Å²) >= 11 is 0. The summed E-state index contributed by atoms with van der Waals surface area (Å²) in [6.07, 6.45) is -0.966. The van der Waals surface area contributed by atoms with E-state index in [9.17, 15) is 13.2 Å². The molecule has 0 saturated heterocycles. The molecule has 0 aliphatic carbocycles. The molecule has 0 unspecified atom stereocenters. The van der Waals surface area contributed by atoms with E-state index in [4.69, 9.17) is 4.74 Å². The van der Waals surface area contributed by atoms with Gasteiger partial charge in [0, 0.05) is 5.69 Å². The fourth-order valence-electron chi connectivity index (χ4n) is 3.32. The van der Waals surface area contributed by atoms with Crippen molar-refractivity contribution in [2.75, 3.05) is 16.2 Å². The van der Waals surface area contributed by atoms with Gasteiger partial charge < -0.3 is 10.1 Å². The lowest BCUT2D eigenvalue weighted by molar-refractivity contribution is -0.122. The summed E-state index contributed by atoms with van der Waals surface area (Å²) in [7, 11) is -3.72. The summed E-state index contributed by atoms with van der Waals surface area (Å²) in [4.78, 5) is 12.8. The van der Waals surface area contributed by atoms with E-state index in [1.807, 2.05) is 25.1 Å². The van der Waals surface area contributed by atoms with E-state index in [1.54, 1.807) is 60.7 Å². The second-order valence-corrected chi connectivity index (χ2v) is 9.10. The topological polar surface area (TPSA) is 75.7 Å². The molecule has 6 nitrogen and oxygen atoms in total. The van der Waals surface area contributed by atoms with Crippen LogP contribution in [-0.2, 0) is 20.6 Å². The maximum absolute atomic E-state index is 13.2.